The molecule has 2 aliphatic heterocycles. The Bertz CT molecular complexity index is 2230. The second kappa shape index (κ2) is 18.7. The normalized spacial score (nSPS) is 20.2. The van der Waals surface area contributed by atoms with Crippen molar-refractivity contribution in [2.24, 2.45) is 28.6 Å². The molecule has 3 N–H and O–H groups in total. The Morgan fingerprint density at radius 1 is 0.780 bits per heavy atom. The second-order valence-corrected chi connectivity index (χ2v) is 17.6. The number of hydrogen-bond acceptors (Lipinski definition) is 6. The summed E-state index contributed by atoms with van der Waals surface area (Å²) in [6.07, 6.45) is 5.62. The number of carbonyl (C=O) groups excluding carboxylic acids is 3. The van der Waals surface area contributed by atoms with Crippen molar-refractivity contribution in [2.75, 3.05) is 20.2 Å². The number of rotatable bonds is 8. The summed E-state index contributed by atoms with van der Waals surface area (Å²) >= 11 is 6.75. The maximum Gasteiger partial charge on any atom is 0.407 e. The van der Waals surface area contributed by atoms with Crippen molar-refractivity contribution >= 4 is 94.5 Å². The zero-order valence-electron chi connectivity index (χ0n) is 34.5. The van der Waals surface area contributed by atoms with E-state index in [9.17, 15) is 14.4 Å². The lowest BCUT2D eigenvalue weighted by atomic mass is 9.96. The summed E-state index contributed by atoms with van der Waals surface area (Å²) in [7, 11) is 1.30. The van der Waals surface area contributed by atoms with Crippen LogP contribution in [0.3, 0.4) is 0 Å². The van der Waals surface area contributed by atoms with E-state index in [2.05, 4.69) is 41.0 Å². The number of hydrogen-bond donors (Lipinski definition) is 3. The van der Waals surface area contributed by atoms with E-state index in [1.54, 1.807) is 0 Å². The summed E-state index contributed by atoms with van der Waals surface area (Å²) in [5.74, 6) is 8.27. The number of nitrogens with zero attached hydrogens (tertiary/aromatic N) is 4. The highest BCUT2D eigenvalue weighted by Crippen LogP contribution is 2.59. The molecule has 3 amide bonds. The van der Waals surface area contributed by atoms with Crippen molar-refractivity contribution in [3.8, 4) is 23.1 Å². The Morgan fingerprint density at radius 3 is 1.86 bits per heavy atom. The molecule has 11 nitrogen and oxygen atoms in total. The number of fused-ring (bicyclic) bond motifs is 1. The molecule has 2 aromatic heterocycles. The first kappa shape index (κ1) is 48.2. The molecule has 16 heteroatoms. The number of imidazole rings is 2. The number of nitrogens with one attached hydrogen (secondary N) is 3. The largest absolute Gasteiger partial charge is 0.453 e. The average molecular weight is 901 g/mol. The van der Waals surface area contributed by atoms with Crippen LogP contribution < -0.4 is 5.32 Å². The summed E-state index contributed by atoms with van der Waals surface area (Å²) in [6, 6.07) is 12.8. The van der Waals surface area contributed by atoms with Gasteiger partial charge in [0.2, 0.25) is 11.8 Å². The summed E-state index contributed by atoms with van der Waals surface area (Å²) in [6.45, 7) is 11.5. The average Bonchev–Trinajstić information content (AvgIpc) is 3.84. The molecule has 4 fully saturated rings. The lowest BCUT2D eigenvalue weighted by Crippen LogP contribution is -2.51. The van der Waals surface area contributed by atoms with E-state index in [0.717, 1.165) is 84.4 Å². The van der Waals surface area contributed by atoms with Crippen LogP contribution in [0.15, 0.2) is 42.5 Å². The molecule has 0 radical (unpaired) electrons. The monoisotopic (exact) mass is 899 g/mol. The van der Waals surface area contributed by atoms with E-state index < -0.39 is 12.1 Å². The van der Waals surface area contributed by atoms with E-state index in [4.69, 9.17) is 26.3 Å². The first-order valence-electron chi connectivity index (χ1n) is 19.6. The van der Waals surface area contributed by atoms with Crippen molar-refractivity contribution in [1.82, 2.24) is 35.1 Å². The molecule has 4 aliphatic rings. The van der Waals surface area contributed by atoms with Gasteiger partial charge >= 0.3 is 6.09 Å². The van der Waals surface area contributed by atoms with Crippen LogP contribution in [0.5, 0.6) is 0 Å². The molecule has 2 aromatic carbocycles. The Balaban J connectivity index is 0.00000192. The Morgan fingerprint density at radius 2 is 1.32 bits per heavy atom. The van der Waals surface area contributed by atoms with Gasteiger partial charge in [-0.2, -0.15) is 54.0 Å². The third-order valence-electron chi connectivity index (χ3n) is 12.6. The fraction of sp³-hybridized carbons (Fsp3) is 0.512. The minimum Gasteiger partial charge on any atom is -0.453 e. The molecule has 4 atom stereocenters. The van der Waals surface area contributed by atoms with Crippen LogP contribution in [0.4, 0.5) is 4.79 Å². The molecule has 2 spiro atoms. The molecule has 4 aromatic rings. The van der Waals surface area contributed by atoms with Gasteiger partial charge in [0, 0.05) is 35.7 Å². The van der Waals surface area contributed by atoms with Gasteiger partial charge in [-0.05, 0) is 91.5 Å². The SMILES string of the molecule is COC(=O)N[C@H](C(=O)N1CC2(CC2)C[C@H]1c1nc2ccc(C#Cc3ccc(-c4nc([C@@H]5CC6(CC6)CN5C(=O)[C@@H](C)C(C)C)[nH]c4Cl)cc3)cc2[nH]1)C(C)C.S.S.S.S. The molecule has 2 saturated carbocycles. The molecule has 2 aliphatic carbocycles. The van der Waals surface area contributed by atoms with E-state index in [1.165, 1.54) is 7.11 Å². The number of carbonyl (C=O) groups is 3. The van der Waals surface area contributed by atoms with Crippen molar-refractivity contribution in [3.05, 3.63) is 70.4 Å². The van der Waals surface area contributed by atoms with Crippen molar-refractivity contribution < 1.29 is 19.1 Å². The number of benzene rings is 2. The molecule has 320 valence electrons. The standard InChI is InChI=1S/C43H50ClN7O4.4H2S/c1-24(2)26(5)39(52)50-22-42(15-16-42)21-33(50)38-47-35(36(44)49-38)29-12-9-27(10-13-29)7-8-28-11-14-30-31(19-28)46-37(45-30)32-20-43(17-18-43)23-51(32)40(53)34(25(3)4)48-41(54)55-6;;;;/h9-14,19,24-26,32-34H,15-18,20-23H2,1-6H3,(H,45,46)(H,47,49)(H,48,54);4*1H2/t26-,32-,33-,34-;;;;/m0..../s1. The third kappa shape index (κ3) is 9.72. The lowest BCUT2D eigenvalue weighted by molar-refractivity contribution is -0.137. The van der Waals surface area contributed by atoms with E-state index in [1.807, 2.05) is 73.0 Å². The number of H-pyrrole nitrogens is 2. The Kier molecular flexibility index (Phi) is 15.3. The first-order valence-corrected chi connectivity index (χ1v) is 20.0. The summed E-state index contributed by atoms with van der Waals surface area (Å²) in [5.41, 5.74) is 5.24. The highest BCUT2D eigenvalue weighted by atomic mass is 35.5. The summed E-state index contributed by atoms with van der Waals surface area (Å²) in [5, 5.41) is 3.21. The van der Waals surface area contributed by atoms with Gasteiger partial charge in [-0.3, -0.25) is 9.59 Å². The predicted octanol–water partition coefficient (Wildman–Crippen LogP) is 8.24. The van der Waals surface area contributed by atoms with E-state index in [0.29, 0.717) is 17.4 Å². The lowest BCUT2D eigenvalue weighted by Gasteiger charge is -2.30. The highest BCUT2D eigenvalue weighted by Gasteiger charge is 2.56. The van der Waals surface area contributed by atoms with Crippen molar-refractivity contribution in [1.29, 1.82) is 0 Å². The van der Waals surface area contributed by atoms with Crippen LogP contribution in [0.1, 0.15) is 108 Å². The van der Waals surface area contributed by atoms with E-state index >= 15 is 0 Å². The zero-order valence-corrected chi connectivity index (χ0v) is 39.2. The smallest absolute Gasteiger partial charge is 0.407 e. The number of halogens is 1. The first-order chi connectivity index (χ1) is 26.3. The zero-order chi connectivity index (χ0) is 38.8. The number of aromatic amines is 2. The Hall–Kier alpha value is -3.42. The van der Waals surface area contributed by atoms with Gasteiger partial charge in [-0.1, -0.05) is 70.2 Å². The molecule has 0 bridgehead atoms. The van der Waals surface area contributed by atoms with Crippen LogP contribution in [-0.2, 0) is 14.3 Å². The van der Waals surface area contributed by atoms with Crippen LogP contribution in [0.25, 0.3) is 22.3 Å². The number of amides is 3. The maximum absolute atomic E-state index is 13.9. The molecule has 8 rings (SSSR count). The summed E-state index contributed by atoms with van der Waals surface area (Å²) < 4.78 is 4.81. The number of aromatic nitrogens is 4. The molecule has 2 saturated heterocycles. The Labute approximate surface area is 380 Å². The minimum absolute atomic E-state index is 0. The third-order valence-corrected chi connectivity index (χ3v) is 12.9. The molecular weight excluding hydrogens is 842 g/mol. The van der Waals surface area contributed by atoms with Crippen molar-refractivity contribution in [2.45, 2.75) is 91.3 Å². The van der Waals surface area contributed by atoms with Gasteiger partial charge in [-0.25, -0.2) is 14.8 Å². The molecular formula is C43H58ClN7O4S4. The van der Waals surface area contributed by atoms with Crippen LogP contribution in [0.2, 0.25) is 5.15 Å². The summed E-state index contributed by atoms with van der Waals surface area (Å²) in [4.78, 5) is 60.1. The van der Waals surface area contributed by atoms with Gasteiger partial charge in [0.15, 0.2) is 0 Å². The quantitative estimate of drug-likeness (QED) is 0.153. The molecule has 59 heavy (non-hydrogen) atoms. The number of methoxy groups -OCH3 is 1. The van der Waals surface area contributed by atoms with Crippen molar-refractivity contribution in [3.63, 3.8) is 0 Å². The topological polar surface area (TPSA) is 136 Å². The van der Waals surface area contributed by atoms with Crippen LogP contribution in [-0.4, -0.2) is 73.9 Å². The maximum atomic E-state index is 13.9. The molecule has 0 unspecified atom stereocenters. The fourth-order valence-corrected chi connectivity index (χ4v) is 8.65. The van der Waals surface area contributed by atoms with E-state index in [-0.39, 0.29) is 106 Å². The minimum atomic E-state index is -0.689. The van der Waals surface area contributed by atoms with Crippen LogP contribution in [0, 0.1) is 40.4 Å². The predicted molar refractivity (Wildman–Crippen MR) is 252 cm³/mol. The molecule has 4 heterocycles. The van der Waals surface area contributed by atoms with Gasteiger partial charge in [-0.15, -0.1) is 0 Å². The van der Waals surface area contributed by atoms with Gasteiger partial charge in [0.05, 0.1) is 30.2 Å². The fourth-order valence-electron chi connectivity index (χ4n) is 8.41. The second-order valence-electron chi connectivity index (χ2n) is 17.2. The highest BCUT2D eigenvalue weighted by molar-refractivity contribution is 7.59. The number of ether oxygens (including phenoxy) is 1. The van der Waals surface area contributed by atoms with Gasteiger partial charge in [0.1, 0.15) is 28.5 Å². The van der Waals surface area contributed by atoms with Gasteiger partial charge in [0.25, 0.3) is 0 Å². The number of alkyl carbamates (subject to hydrolysis) is 1. The van der Waals surface area contributed by atoms with Gasteiger partial charge < -0.3 is 29.8 Å². The van der Waals surface area contributed by atoms with Crippen LogP contribution >= 0.6 is 65.6 Å². The number of likely N-dealkylation sites (tertiary alicyclic amines) is 2.